The summed E-state index contributed by atoms with van der Waals surface area (Å²) in [6.45, 7) is 1.72. The third-order valence-corrected chi connectivity index (χ3v) is 12.7. The number of aryl methyl sites for hydroxylation is 1. The zero-order valence-corrected chi connectivity index (χ0v) is 27.1. The smallest absolute Gasteiger partial charge is 0.305 e. The SMILES string of the molecule is COc1cc([C@H]2c3sc(=O)[nH]c3SC3C4CC(C5C(=O)N(c6ccc(C)cc6)C(=O)C45)C32)ccc1OCC(=O)Nc1ccc(O)cc1. The molecule has 10 nitrogen and oxygen atoms in total. The number of hydrogen-bond donors (Lipinski definition) is 3. The van der Waals surface area contributed by atoms with Gasteiger partial charge in [-0.1, -0.05) is 35.1 Å². The molecule has 2 bridgehead atoms. The first-order chi connectivity index (χ1) is 22.7. The number of phenols is 1. The van der Waals surface area contributed by atoms with Crippen molar-refractivity contribution in [1.82, 2.24) is 4.98 Å². The van der Waals surface area contributed by atoms with Gasteiger partial charge in [0.25, 0.3) is 5.91 Å². The van der Waals surface area contributed by atoms with E-state index in [0.29, 0.717) is 22.9 Å². The van der Waals surface area contributed by atoms with Crippen LogP contribution in [0.4, 0.5) is 11.4 Å². The van der Waals surface area contributed by atoms with Crippen LogP contribution in [0.1, 0.15) is 28.3 Å². The Balaban J connectivity index is 1.09. The zero-order chi connectivity index (χ0) is 32.6. The third kappa shape index (κ3) is 4.84. The number of fused-ring (bicyclic) bond motifs is 9. The van der Waals surface area contributed by atoms with Gasteiger partial charge in [0, 0.05) is 21.7 Å². The van der Waals surface area contributed by atoms with Gasteiger partial charge in [0.2, 0.25) is 11.8 Å². The molecule has 8 rings (SSSR count). The minimum Gasteiger partial charge on any atom is -0.508 e. The van der Waals surface area contributed by atoms with Gasteiger partial charge in [0.15, 0.2) is 18.1 Å². The van der Waals surface area contributed by atoms with Crippen LogP contribution in [0.2, 0.25) is 0 Å². The summed E-state index contributed by atoms with van der Waals surface area (Å²) in [4.78, 5) is 58.3. The highest BCUT2D eigenvalue weighted by Gasteiger charge is 2.69. The second-order valence-electron chi connectivity index (χ2n) is 12.6. The number of benzene rings is 3. The maximum atomic E-state index is 14.0. The molecule has 2 aliphatic carbocycles. The van der Waals surface area contributed by atoms with Gasteiger partial charge >= 0.3 is 4.87 Å². The molecule has 4 aliphatic rings. The highest BCUT2D eigenvalue weighted by atomic mass is 32.2. The van der Waals surface area contributed by atoms with Crippen LogP contribution < -0.4 is 24.6 Å². The second-order valence-corrected chi connectivity index (χ2v) is 14.8. The Morgan fingerprint density at radius 3 is 2.43 bits per heavy atom. The average molecular weight is 670 g/mol. The van der Waals surface area contributed by atoms with Crippen LogP contribution in [0, 0.1) is 36.5 Å². The number of aromatic amines is 1. The number of aromatic hydroxyl groups is 1. The Kier molecular flexibility index (Phi) is 7.17. The van der Waals surface area contributed by atoms with Crippen molar-refractivity contribution in [2.24, 2.45) is 29.6 Å². The molecule has 0 radical (unpaired) electrons. The van der Waals surface area contributed by atoms with E-state index < -0.39 is 5.92 Å². The van der Waals surface area contributed by atoms with Crippen LogP contribution in [-0.4, -0.2) is 46.8 Å². The maximum absolute atomic E-state index is 14.0. The number of phenolic OH excluding ortho intramolecular Hbond substituents is 1. The summed E-state index contributed by atoms with van der Waals surface area (Å²) in [5.74, 6) is -0.602. The lowest BCUT2D eigenvalue weighted by Crippen LogP contribution is -2.42. The predicted octanol–water partition coefficient (Wildman–Crippen LogP) is 5.15. The number of nitrogens with one attached hydrogen (secondary N) is 2. The Morgan fingerprint density at radius 2 is 1.70 bits per heavy atom. The number of rotatable bonds is 7. The number of H-pyrrole nitrogens is 1. The van der Waals surface area contributed by atoms with E-state index in [2.05, 4.69) is 10.3 Å². The van der Waals surface area contributed by atoms with E-state index in [9.17, 15) is 24.3 Å². The van der Waals surface area contributed by atoms with Crippen molar-refractivity contribution in [3.8, 4) is 17.2 Å². The monoisotopic (exact) mass is 669 g/mol. The summed E-state index contributed by atoms with van der Waals surface area (Å²) in [5, 5.41) is 13.1. The first kappa shape index (κ1) is 29.8. The van der Waals surface area contributed by atoms with Crippen LogP contribution in [0.25, 0.3) is 0 Å². The van der Waals surface area contributed by atoms with Gasteiger partial charge in [-0.05, 0) is 85.2 Å². The fraction of sp³-hybridized carbons (Fsp3) is 0.314. The molecular weight excluding hydrogens is 639 g/mol. The number of carbonyl (C=O) groups is 3. The molecule has 3 aromatic carbocycles. The highest BCUT2D eigenvalue weighted by molar-refractivity contribution is 8.00. The lowest BCUT2D eigenvalue weighted by molar-refractivity contribution is -0.123. The molecule has 7 atom stereocenters. The Bertz CT molecular complexity index is 1970. The average Bonchev–Trinajstić information content (AvgIpc) is 3.80. The number of methoxy groups -OCH3 is 1. The number of amides is 3. The van der Waals surface area contributed by atoms with Crippen LogP contribution in [0.5, 0.6) is 17.2 Å². The van der Waals surface area contributed by atoms with E-state index in [1.807, 2.05) is 43.3 Å². The molecule has 1 aromatic heterocycles. The molecule has 4 aromatic rings. The van der Waals surface area contributed by atoms with Crippen molar-refractivity contribution in [2.45, 2.75) is 29.5 Å². The molecule has 3 N–H and O–H groups in total. The minimum absolute atomic E-state index is 0.0162. The van der Waals surface area contributed by atoms with Crippen molar-refractivity contribution in [2.75, 3.05) is 23.9 Å². The van der Waals surface area contributed by atoms with Gasteiger partial charge in [0.1, 0.15) is 5.75 Å². The van der Waals surface area contributed by atoms with Gasteiger partial charge in [0.05, 0.1) is 29.7 Å². The second kappa shape index (κ2) is 11.3. The summed E-state index contributed by atoms with van der Waals surface area (Å²) >= 11 is 2.84. The summed E-state index contributed by atoms with van der Waals surface area (Å²) in [7, 11) is 1.53. The molecular formula is C35H31N3O7S2. The summed E-state index contributed by atoms with van der Waals surface area (Å²) < 4.78 is 11.6. The van der Waals surface area contributed by atoms with Crippen molar-refractivity contribution in [3.05, 3.63) is 92.4 Å². The van der Waals surface area contributed by atoms with Gasteiger partial charge in [-0.2, -0.15) is 0 Å². The van der Waals surface area contributed by atoms with E-state index >= 15 is 0 Å². The first-order valence-electron chi connectivity index (χ1n) is 15.5. The molecule has 3 amide bonds. The van der Waals surface area contributed by atoms with E-state index in [1.54, 1.807) is 30.0 Å². The zero-order valence-electron chi connectivity index (χ0n) is 25.5. The molecule has 3 heterocycles. The first-order valence-corrected chi connectivity index (χ1v) is 17.1. The number of aromatic nitrogens is 1. The Labute approximate surface area is 278 Å². The van der Waals surface area contributed by atoms with Crippen molar-refractivity contribution >= 4 is 52.2 Å². The maximum Gasteiger partial charge on any atom is 0.305 e. The number of ether oxygens (including phenoxy) is 2. The van der Waals surface area contributed by atoms with Gasteiger partial charge < -0.3 is 24.9 Å². The van der Waals surface area contributed by atoms with Crippen molar-refractivity contribution in [3.63, 3.8) is 0 Å². The topological polar surface area (TPSA) is 138 Å². The van der Waals surface area contributed by atoms with Crippen LogP contribution in [0.15, 0.2) is 76.6 Å². The third-order valence-electron chi connectivity index (χ3n) is 10.1. The molecule has 2 aliphatic heterocycles. The van der Waals surface area contributed by atoms with Crippen LogP contribution in [0.3, 0.4) is 0 Å². The van der Waals surface area contributed by atoms with Crippen LogP contribution in [-0.2, 0) is 14.4 Å². The van der Waals surface area contributed by atoms with Gasteiger partial charge in [-0.15, -0.1) is 11.8 Å². The minimum atomic E-state index is -0.396. The van der Waals surface area contributed by atoms with Crippen molar-refractivity contribution in [1.29, 1.82) is 0 Å². The molecule has 2 saturated carbocycles. The Morgan fingerprint density at radius 1 is 0.979 bits per heavy atom. The molecule has 12 heteroatoms. The Hall–Kier alpha value is -4.55. The van der Waals surface area contributed by atoms with E-state index in [4.69, 9.17) is 9.47 Å². The number of hydrogen-bond acceptors (Lipinski definition) is 9. The quantitative estimate of drug-likeness (QED) is 0.181. The number of thioether (sulfide) groups is 1. The largest absolute Gasteiger partial charge is 0.508 e. The molecule has 0 spiro atoms. The van der Waals surface area contributed by atoms with Crippen LogP contribution >= 0.6 is 23.1 Å². The highest BCUT2D eigenvalue weighted by Crippen LogP contribution is 2.68. The number of carbonyl (C=O) groups excluding carboxylic acids is 3. The lowest BCUT2D eigenvalue weighted by Gasteiger charge is -2.43. The molecule has 1 saturated heterocycles. The fourth-order valence-corrected chi connectivity index (χ4v) is 11.1. The standard InChI is InChI=1S/C35H31N3O7S2/c1-16-3-8-19(9-4-16)38-33(41)28-21-14-22(29(28)34(38)42)30-27(21)26(31-32(46-30)37-35(43)47-31)17-5-12-23(24(13-17)44-2)45-15-25(40)36-18-6-10-20(39)11-7-18/h3-13,21-22,26-30,39H,14-15H2,1-2H3,(H,36,40)(H,37,43)/t21?,22?,26-,27?,28?,29?,30?/m1/s1. The number of anilines is 2. The molecule has 240 valence electrons. The summed E-state index contributed by atoms with van der Waals surface area (Å²) in [6, 6.07) is 19.3. The molecule has 47 heavy (non-hydrogen) atoms. The van der Waals surface area contributed by atoms with Gasteiger partial charge in [-0.3, -0.25) is 24.1 Å². The molecule has 3 fully saturated rings. The number of imide groups is 1. The van der Waals surface area contributed by atoms with E-state index in [-0.39, 0.29) is 69.8 Å². The van der Waals surface area contributed by atoms with Crippen molar-refractivity contribution < 1.29 is 29.0 Å². The normalized spacial score (nSPS) is 26.9. The van der Waals surface area contributed by atoms with Gasteiger partial charge in [-0.25, -0.2) is 0 Å². The fourth-order valence-electron chi connectivity index (χ4n) is 8.22. The number of nitrogens with zero attached hydrogens (tertiary/aromatic N) is 1. The summed E-state index contributed by atoms with van der Waals surface area (Å²) in [5.41, 5.74) is 3.13. The number of thiazole rings is 1. The lowest BCUT2D eigenvalue weighted by atomic mass is 9.68. The molecule has 6 unspecified atom stereocenters. The summed E-state index contributed by atoms with van der Waals surface area (Å²) in [6.07, 6.45) is 0.793. The predicted molar refractivity (Wildman–Crippen MR) is 177 cm³/mol. The van der Waals surface area contributed by atoms with E-state index in [1.165, 1.54) is 35.5 Å². The van der Waals surface area contributed by atoms with E-state index in [0.717, 1.165) is 27.5 Å².